The Morgan fingerprint density at radius 2 is 1.48 bits per heavy atom. The first-order valence-corrected chi connectivity index (χ1v) is 19.7. The van der Waals surface area contributed by atoms with Gasteiger partial charge in [-0.3, -0.25) is 39.1 Å². The van der Waals surface area contributed by atoms with Crippen LogP contribution in [-0.2, 0) is 22.7 Å². The van der Waals surface area contributed by atoms with Crippen LogP contribution in [-0.4, -0.2) is 77.1 Å². The van der Waals surface area contributed by atoms with E-state index >= 15 is 0 Å². The first-order valence-electron chi connectivity index (χ1n) is 19.7. The molecule has 5 aliphatic rings. The molecule has 12 nitrogen and oxygen atoms in total. The van der Waals surface area contributed by atoms with Gasteiger partial charge in [0, 0.05) is 79.0 Å². The zero-order valence-corrected chi connectivity index (χ0v) is 32.7. The Morgan fingerprint density at radius 1 is 0.857 bits per heavy atom. The maximum atomic E-state index is 13.5. The molecule has 0 radical (unpaired) electrons. The molecule has 3 aromatic rings. The molecule has 1 unspecified atom stereocenters. The minimum Gasteiger partial charge on any atom is -0.381 e. The van der Waals surface area contributed by atoms with Crippen molar-refractivity contribution in [3.8, 4) is 6.07 Å². The number of imide groups is 2. The predicted octanol–water partition coefficient (Wildman–Crippen LogP) is 5.15. The smallest absolute Gasteiger partial charge is 0.262 e. The summed E-state index contributed by atoms with van der Waals surface area (Å²) >= 11 is 0. The molecule has 3 aromatic carbocycles. The highest BCUT2D eigenvalue weighted by Crippen LogP contribution is 2.55. The van der Waals surface area contributed by atoms with Gasteiger partial charge in [-0.25, -0.2) is 0 Å². The van der Waals surface area contributed by atoms with Gasteiger partial charge < -0.3 is 15.5 Å². The number of hydrogen-bond donors (Lipinski definition) is 3. The predicted molar refractivity (Wildman–Crippen MR) is 211 cm³/mol. The number of nitrogens with one attached hydrogen (secondary N) is 3. The van der Waals surface area contributed by atoms with Crippen molar-refractivity contribution in [3.63, 3.8) is 0 Å². The molecule has 0 aromatic heterocycles. The van der Waals surface area contributed by atoms with E-state index < -0.39 is 23.8 Å². The molecule has 12 heteroatoms. The maximum absolute atomic E-state index is 13.5. The molecule has 3 fully saturated rings. The van der Waals surface area contributed by atoms with Crippen LogP contribution >= 0.6 is 0 Å². The molecule has 0 bridgehead atoms. The van der Waals surface area contributed by atoms with Gasteiger partial charge >= 0.3 is 0 Å². The zero-order chi connectivity index (χ0) is 39.7. The minimum atomic E-state index is -0.962. The van der Waals surface area contributed by atoms with Crippen molar-refractivity contribution in [2.45, 2.75) is 91.5 Å². The summed E-state index contributed by atoms with van der Waals surface area (Å²) in [5, 5.41) is 18.6. The summed E-state index contributed by atoms with van der Waals surface area (Å²) in [6, 6.07) is 18.7. The maximum Gasteiger partial charge on any atom is 0.262 e. The number of benzene rings is 3. The number of aryl methyl sites for hydroxylation is 1. The van der Waals surface area contributed by atoms with E-state index in [2.05, 4.69) is 59.5 Å². The van der Waals surface area contributed by atoms with Gasteiger partial charge in [-0.2, -0.15) is 5.26 Å². The van der Waals surface area contributed by atoms with Crippen LogP contribution in [0.5, 0.6) is 0 Å². The number of rotatable bonds is 8. The van der Waals surface area contributed by atoms with Crippen LogP contribution in [0, 0.1) is 35.0 Å². The number of nitrogens with zero attached hydrogens (tertiary/aromatic N) is 4. The average Bonchev–Trinajstić information content (AvgIpc) is 3.67. The molecular formula is C44H49N7O5. The van der Waals surface area contributed by atoms with Gasteiger partial charge in [0.25, 0.3) is 17.7 Å². The SMILES string of the molecule is Cc1cc(N[C@H]2C(C)(C)[C@H](NC(=O)c3ccc(N4CCC(CN5Cc6cc7c(cc6C5)C(=O)N(C5CCC(=O)NC5=O)C7=O)CC4)cc3)C2(C)C)ccc1C#N. The van der Waals surface area contributed by atoms with Crippen LogP contribution in [0.25, 0.3) is 0 Å². The summed E-state index contributed by atoms with van der Waals surface area (Å²) in [6.45, 7) is 14.8. The zero-order valence-electron chi connectivity index (χ0n) is 32.7. The lowest BCUT2D eigenvalue weighted by molar-refractivity contribution is -0.136. The molecule has 56 heavy (non-hydrogen) atoms. The first kappa shape index (κ1) is 37.4. The fraction of sp³-hybridized carbons (Fsp3) is 0.455. The number of nitriles is 1. The Hall–Kier alpha value is -5.54. The fourth-order valence-electron chi connectivity index (χ4n) is 10.3. The van der Waals surface area contributed by atoms with E-state index in [0.29, 0.717) is 41.3 Å². The minimum absolute atomic E-state index is 0.0391. The lowest BCUT2D eigenvalue weighted by Crippen LogP contribution is -2.75. The first-order chi connectivity index (χ1) is 26.6. The van der Waals surface area contributed by atoms with Gasteiger partial charge in [0.1, 0.15) is 6.04 Å². The number of carbonyl (C=O) groups is 5. The van der Waals surface area contributed by atoms with E-state index in [1.54, 1.807) is 0 Å². The summed E-state index contributed by atoms with van der Waals surface area (Å²) in [4.78, 5) is 70.0. The van der Waals surface area contributed by atoms with Crippen LogP contribution in [0.2, 0.25) is 0 Å². The third kappa shape index (κ3) is 6.41. The average molecular weight is 756 g/mol. The van der Waals surface area contributed by atoms with E-state index in [4.69, 9.17) is 0 Å². The Balaban J connectivity index is 0.822. The van der Waals surface area contributed by atoms with Crippen LogP contribution < -0.4 is 20.9 Å². The van der Waals surface area contributed by atoms with Gasteiger partial charge in [-0.1, -0.05) is 27.7 Å². The molecule has 4 heterocycles. The second kappa shape index (κ2) is 13.9. The Labute approximate surface area is 327 Å². The lowest BCUT2D eigenvalue weighted by Gasteiger charge is -2.64. The van der Waals surface area contributed by atoms with Gasteiger partial charge in [-0.05, 0) is 103 Å². The fourth-order valence-corrected chi connectivity index (χ4v) is 10.3. The van der Waals surface area contributed by atoms with Crippen molar-refractivity contribution >= 4 is 40.9 Å². The van der Waals surface area contributed by atoms with Crippen LogP contribution in [0.1, 0.15) is 107 Å². The third-order valence-corrected chi connectivity index (χ3v) is 13.1. The largest absolute Gasteiger partial charge is 0.381 e. The van der Waals surface area contributed by atoms with Crippen LogP contribution in [0.4, 0.5) is 11.4 Å². The molecule has 2 saturated heterocycles. The van der Waals surface area contributed by atoms with Crippen LogP contribution in [0.15, 0.2) is 54.6 Å². The molecule has 1 aliphatic carbocycles. The number of amides is 5. The van der Waals surface area contributed by atoms with Crippen molar-refractivity contribution in [2.75, 3.05) is 29.9 Å². The van der Waals surface area contributed by atoms with Crippen LogP contribution in [0.3, 0.4) is 0 Å². The number of carbonyl (C=O) groups excluding carboxylic acids is 5. The van der Waals surface area contributed by atoms with Crippen molar-refractivity contribution in [1.82, 2.24) is 20.4 Å². The number of piperidine rings is 2. The molecule has 1 atom stereocenters. The monoisotopic (exact) mass is 755 g/mol. The second-order valence-corrected chi connectivity index (χ2v) is 17.5. The van der Waals surface area contributed by atoms with Crippen molar-refractivity contribution < 1.29 is 24.0 Å². The number of anilines is 2. The van der Waals surface area contributed by atoms with Crippen molar-refractivity contribution in [3.05, 3.63) is 93.5 Å². The summed E-state index contributed by atoms with van der Waals surface area (Å²) in [6.07, 6.45) is 2.31. The Bertz CT molecular complexity index is 2140. The highest BCUT2D eigenvalue weighted by molar-refractivity contribution is 6.23. The third-order valence-electron chi connectivity index (χ3n) is 13.1. The van der Waals surface area contributed by atoms with Crippen molar-refractivity contribution in [1.29, 1.82) is 5.26 Å². The van der Waals surface area contributed by atoms with E-state index in [1.807, 2.05) is 61.5 Å². The molecule has 3 N–H and O–H groups in total. The molecular weight excluding hydrogens is 707 g/mol. The summed E-state index contributed by atoms with van der Waals surface area (Å²) < 4.78 is 0. The van der Waals surface area contributed by atoms with E-state index in [1.165, 1.54) is 0 Å². The molecule has 0 spiro atoms. The lowest BCUT2D eigenvalue weighted by atomic mass is 9.48. The second-order valence-electron chi connectivity index (χ2n) is 17.5. The highest BCUT2D eigenvalue weighted by Gasteiger charge is 2.62. The Kier molecular flexibility index (Phi) is 9.27. The quantitative estimate of drug-likeness (QED) is 0.265. The Morgan fingerprint density at radius 3 is 2.05 bits per heavy atom. The summed E-state index contributed by atoms with van der Waals surface area (Å²) in [7, 11) is 0. The summed E-state index contributed by atoms with van der Waals surface area (Å²) in [5.41, 5.74) is 6.67. The topological polar surface area (TPSA) is 155 Å². The van der Waals surface area contributed by atoms with Crippen molar-refractivity contribution in [2.24, 2.45) is 16.7 Å². The normalized spacial score (nSPS) is 24.2. The highest BCUT2D eigenvalue weighted by atomic mass is 16.2. The standard InChI is InChI=1S/C44H49N7O5/c1-25-18-31(9-6-28(25)21-45)46-41-43(2,3)42(44(41,4)5)48-37(53)27-7-10-32(11-8-27)50-16-14-26(15-17-50)22-49-23-29-19-33-34(20-30(29)24-49)40(56)51(39(33)55)35-12-13-36(52)47-38(35)54/h6-11,18-20,26,35,41-42,46H,12-17,22-24H2,1-5H3,(H,48,53)(H,47,52,54)/t35?,41-,42-. The van der Waals surface area contributed by atoms with Gasteiger partial charge in [0.15, 0.2) is 0 Å². The van der Waals surface area contributed by atoms with E-state index in [9.17, 15) is 29.2 Å². The summed E-state index contributed by atoms with van der Waals surface area (Å²) in [5.74, 6) is -1.49. The molecule has 5 amide bonds. The number of fused-ring (bicyclic) bond motifs is 2. The molecule has 290 valence electrons. The number of hydrogen-bond acceptors (Lipinski definition) is 9. The molecule has 8 rings (SSSR count). The van der Waals surface area contributed by atoms with Gasteiger partial charge in [-0.15, -0.1) is 0 Å². The van der Waals surface area contributed by atoms with Gasteiger partial charge in [0.2, 0.25) is 11.8 Å². The van der Waals surface area contributed by atoms with E-state index in [0.717, 1.165) is 65.4 Å². The van der Waals surface area contributed by atoms with Gasteiger partial charge in [0.05, 0.1) is 22.8 Å². The molecule has 4 aliphatic heterocycles. The van der Waals surface area contributed by atoms with E-state index in [-0.39, 0.29) is 47.6 Å². The molecule has 1 saturated carbocycles.